The van der Waals surface area contributed by atoms with Crippen LogP contribution in [-0.2, 0) is 4.79 Å². The highest BCUT2D eigenvalue weighted by atomic mass is 16.3. The number of hydrogen-bond donors (Lipinski definition) is 1. The molecule has 1 atom stereocenters. The molecule has 0 spiro atoms. The molecule has 0 aromatic heterocycles. The molecule has 0 bridgehead atoms. The second-order valence-corrected chi connectivity index (χ2v) is 3.67. The van der Waals surface area contributed by atoms with E-state index in [0.717, 1.165) is 11.1 Å². The minimum Gasteiger partial charge on any atom is -0.378 e. The summed E-state index contributed by atoms with van der Waals surface area (Å²) in [6.45, 7) is 0. The summed E-state index contributed by atoms with van der Waals surface area (Å²) in [5.74, 6) is 0. The molecule has 1 N–H and O–H groups in total. The van der Waals surface area contributed by atoms with Gasteiger partial charge < -0.3 is 5.11 Å². The number of carbonyl (C=O) groups is 1. The fourth-order valence-electron chi connectivity index (χ4n) is 1.58. The van der Waals surface area contributed by atoms with Crippen molar-refractivity contribution in [3.05, 3.63) is 54.1 Å². The average Bonchev–Trinajstić information content (AvgIpc) is 2.31. The lowest BCUT2D eigenvalue weighted by Crippen LogP contribution is -2.28. The molecule has 0 amide bonds. The minimum atomic E-state index is -1.31. The molecule has 1 aliphatic carbocycles. The predicted molar refractivity (Wildman–Crippen MR) is 59.2 cm³/mol. The van der Waals surface area contributed by atoms with Crippen molar-refractivity contribution in [1.29, 1.82) is 0 Å². The van der Waals surface area contributed by atoms with Crippen molar-refractivity contribution in [1.82, 2.24) is 0 Å². The van der Waals surface area contributed by atoms with E-state index in [9.17, 15) is 9.90 Å². The van der Waals surface area contributed by atoms with Gasteiger partial charge in [0.15, 0.2) is 6.29 Å². The van der Waals surface area contributed by atoms with Crippen LogP contribution in [0.25, 0.3) is 5.57 Å². The topological polar surface area (TPSA) is 37.3 Å². The Balaban J connectivity index is 2.24. The smallest absolute Gasteiger partial charge is 0.155 e. The fourth-order valence-corrected chi connectivity index (χ4v) is 1.58. The number of carbonyl (C=O) groups excluding carboxylic acids is 1. The molecule has 76 valence electrons. The molecule has 0 radical (unpaired) electrons. The first-order valence-corrected chi connectivity index (χ1v) is 4.87. The predicted octanol–water partition coefficient (Wildman–Crippen LogP) is 1.96. The Labute approximate surface area is 88.6 Å². The quantitative estimate of drug-likeness (QED) is 0.741. The molecule has 1 aromatic carbocycles. The van der Waals surface area contributed by atoms with Crippen LogP contribution >= 0.6 is 0 Å². The van der Waals surface area contributed by atoms with Gasteiger partial charge in [0.2, 0.25) is 0 Å². The van der Waals surface area contributed by atoms with Gasteiger partial charge in [-0.3, -0.25) is 4.79 Å². The van der Waals surface area contributed by atoms with Crippen LogP contribution in [-0.4, -0.2) is 17.0 Å². The van der Waals surface area contributed by atoms with E-state index in [0.29, 0.717) is 12.7 Å². The highest BCUT2D eigenvalue weighted by Crippen LogP contribution is 2.25. The molecular formula is C13H12O2. The molecule has 15 heavy (non-hydrogen) atoms. The summed E-state index contributed by atoms with van der Waals surface area (Å²) >= 11 is 0. The Morgan fingerprint density at radius 2 is 2.00 bits per heavy atom. The van der Waals surface area contributed by atoms with E-state index < -0.39 is 5.60 Å². The lowest BCUT2D eigenvalue weighted by atomic mass is 9.91. The zero-order chi connectivity index (χ0) is 10.7. The number of benzene rings is 1. The first-order chi connectivity index (χ1) is 7.23. The van der Waals surface area contributed by atoms with E-state index >= 15 is 0 Å². The monoisotopic (exact) mass is 200 g/mol. The number of aliphatic hydroxyl groups is 1. The van der Waals surface area contributed by atoms with E-state index in [1.165, 1.54) is 0 Å². The summed E-state index contributed by atoms with van der Waals surface area (Å²) in [5, 5.41) is 9.65. The summed E-state index contributed by atoms with van der Waals surface area (Å²) in [4.78, 5) is 10.6. The van der Waals surface area contributed by atoms with Crippen LogP contribution in [0.1, 0.15) is 12.0 Å². The molecule has 1 unspecified atom stereocenters. The van der Waals surface area contributed by atoms with Crippen LogP contribution in [0, 0.1) is 0 Å². The lowest BCUT2D eigenvalue weighted by molar-refractivity contribution is -0.119. The SMILES string of the molecule is O=CC1(O)C=CC(c2ccccc2)=CC1. The summed E-state index contributed by atoms with van der Waals surface area (Å²) < 4.78 is 0. The van der Waals surface area contributed by atoms with Crippen LogP contribution < -0.4 is 0 Å². The van der Waals surface area contributed by atoms with Gasteiger partial charge in [0.05, 0.1) is 0 Å². The Morgan fingerprint density at radius 3 is 2.53 bits per heavy atom. The first-order valence-electron chi connectivity index (χ1n) is 4.87. The molecule has 0 saturated heterocycles. The third-order valence-electron chi connectivity index (χ3n) is 2.51. The second-order valence-electron chi connectivity index (χ2n) is 3.67. The van der Waals surface area contributed by atoms with Crippen LogP contribution in [0.5, 0.6) is 0 Å². The van der Waals surface area contributed by atoms with Gasteiger partial charge in [-0.15, -0.1) is 0 Å². The molecule has 2 heteroatoms. The van der Waals surface area contributed by atoms with E-state index in [1.54, 1.807) is 12.2 Å². The summed E-state index contributed by atoms with van der Waals surface area (Å²) in [6, 6.07) is 9.89. The van der Waals surface area contributed by atoms with Crippen molar-refractivity contribution in [2.75, 3.05) is 0 Å². The van der Waals surface area contributed by atoms with Crippen molar-refractivity contribution >= 4 is 11.9 Å². The van der Waals surface area contributed by atoms with E-state index in [2.05, 4.69) is 0 Å². The highest BCUT2D eigenvalue weighted by Gasteiger charge is 2.23. The Hall–Kier alpha value is -1.67. The summed E-state index contributed by atoms with van der Waals surface area (Å²) in [7, 11) is 0. The van der Waals surface area contributed by atoms with Gasteiger partial charge in [-0.2, -0.15) is 0 Å². The molecule has 0 saturated carbocycles. The molecular weight excluding hydrogens is 188 g/mol. The molecule has 2 nitrogen and oxygen atoms in total. The van der Waals surface area contributed by atoms with Crippen LogP contribution in [0.4, 0.5) is 0 Å². The highest BCUT2D eigenvalue weighted by molar-refractivity contribution is 5.79. The summed E-state index contributed by atoms with van der Waals surface area (Å²) in [5.41, 5.74) is 0.835. The number of hydrogen-bond acceptors (Lipinski definition) is 2. The maximum atomic E-state index is 10.6. The van der Waals surface area contributed by atoms with Gasteiger partial charge in [-0.25, -0.2) is 0 Å². The molecule has 1 aliphatic rings. The van der Waals surface area contributed by atoms with Crippen molar-refractivity contribution < 1.29 is 9.90 Å². The lowest BCUT2D eigenvalue weighted by Gasteiger charge is -2.20. The normalized spacial score (nSPS) is 24.7. The van der Waals surface area contributed by atoms with Crippen molar-refractivity contribution in [2.45, 2.75) is 12.0 Å². The molecule has 1 aromatic rings. The molecule has 0 heterocycles. The van der Waals surface area contributed by atoms with Crippen LogP contribution in [0.15, 0.2) is 48.6 Å². The van der Waals surface area contributed by atoms with Gasteiger partial charge in [0, 0.05) is 6.42 Å². The zero-order valence-corrected chi connectivity index (χ0v) is 8.26. The van der Waals surface area contributed by atoms with Crippen molar-refractivity contribution in [3.63, 3.8) is 0 Å². The zero-order valence-electron chi connectivity index (χ0n) is 8.26. The van der Waals surface area contributed by atoms with Gasteiger partial charge in [0.1, 0.15) is 5.60 Å². The Kier molecular flexibility index (Phi) is 2.52. The standard InChI is InChI=1S/C13H12O2/c14-10-13(15)8-6-12(7-9-13)11-4-2-1-3-5-11/h1-8,10,15H,9H2. The third kappa shape index (κ3) is 2.05. The molecule has 0 fully saturated rings. The van der Waals surface area contributed by atoms with Gasteiger partial charge in [0.25, 0.3) is 0 Å². The van der Waals surface area contributed by atoms with Crippen molar-refractivity contribution in [2.24, 2.45) is 0 Å². The Morgan fingerprint density at radius 1 is 1.27 bits per heavy atom. The van der Waals surface area contributed by atoms with Gasteiger partial charge >= 0.3 is 0 Å². The van der Waals surface area contributed by atoms with Gasteiger partial charge in [-0.1, -0.05) is 42.5 Å². The third-order valence-corrected chi connectivity index (χ3v) is 2.51. The number of rotatable bonds is 2. The molecule has 0 aliphatic heterocycles. The number of aldehydes is 1. The Bertz CT molecular complexity index is 417. The minimum absolute atomic E-state index is 0.344. The van der Waals surface area contributed by atoms with E-state index in [1.807, 2.05) is 36.4 Å². The maximum Gasteiger partial charge on any atom is 0.155 e. The fraction of sp³-hybridized carbons (Fsp3) is 0.154. The van der Waals surface area contributed by atoms with Crippen LogP contribution in [0.2, 0.25) is 0 Å². The summed E-state index contributed by atoms with van der Waals surface area (Å²) in [6.07, 6.45) is 6.12. The average molecular weight is 200 g/mol. The number of allylic oxidation sites excluding steroid dienone is 2. The van der Waals surface area contributed by atoms with E-state index in [4.69, 9.17) is 0 Å². The largest absolute Gasteiger partial charge is 0.378 e. The van der Waals surface area contributed by atoms with Crippen LogP contribution in [0.3, 0.4) is 0 Å². The maximum absolute atomic E-state index is 10.6. The second kappa shape index (κ2) is 3.83. The van der Waals surface area contributed by atoms with Crippen molar-refractivity contribution in [3.8, 4) is 0 Å². The van der Waals surface area contributed by atoms with Gasteiger partial charge in [-0.05, 0) is 17.2 Å². The molecule has 2 rings (SSSR count). The van der Waals surface area contributed by atoms with E-state index in [-0.39, 0.29) is 0 Å². The first kappa shape index (κ1) is 9.87.